The van der Waals surface area contributed by atoms with E-state index in [4.69, 9.17) is 16.2 Å². The van der Waals surface area contributed by atoms with Gasteiger partial charge in [0.15, 0.2) is 0 Å². The molecule has 0 bridgehead atoms. The molecule has 0 aromatic heterocycles. The Morgan fingerprint density at radius 1 is 1.35 bits per heavy atom. The van der Waals surface area contributed by atoms with Crippen molar-refractivity contribution in [2.45, 2.75) is 64.1 Å². The van der Waals surface area contributed by atoms with Crippen LogP contribution in [0.2, 0.25) is 0 Å². The molecule has 5 nitrogen and oxygen atoms in total. The maximum absolute atomic E-state index is 11.7. The molecule has 0 aliphatic heterocycles. The van der Waals surface area contributed by atoms with Gasteiger partial charge in [-0.3, -0.25) is 4.79 Å². The molecule has 1 saturated carbocycles. The first kappa shape index (κ1) is 17.4. The van der Waals surface area contributed by atoms with Crippen molar-refractivity contribution < 1.29 is 14.6 Å². The second-order valence-corrected chi connectivity index (χ2v) is 6.01. The van der Waals surface area contributed by atoms with E-state index in [0.717, 1.165) is 25.7 Å². The zero-order valence-corrected chi connectivity index (χ0v) is 12.9. The summed E-state index contributed by atoms with van der Waals surface area (Å²) in [5.74, 6) is -0.783. The largest absolute Gasteiger partial charge is 0.469 e. The minimum Gasteiger partial charge on any atom is -0.469 e. The van der Waals surface area contributed by atoms with E-state index in [2.05, 4.69) is 13.8 Å². The molecule has 0 spiro atoms. The Labute approximate surface area is 122 Å². The van der Waals surface area contributed by atoms with Crippen molar-refractivity contribution in [2.75, 3.05) is 7.11 Å². The molecule has 20 heavy (non-hydrogen) atoms. The Bertz CT molecular complexity index is 305. The Hall–Kier alpha value is -0.650. The van der Waals surface area contributed by atoms with Gasteiger partial charge in [-0.15, -0.1) is 0 Å². The van der Waals surface area contributed by atoms with E-state index in [0.29, 0.717) is 12.3 Å². The van der Waals surface area contributed by atoms with Crippen LogP contribution in [0.3, 0.4) is 0 Å². The van der Waals surface area contributed by atoms with Crippen LogP contribution in [0.5, 0.6) is 0 Å². The van der Waals surface area contributed by atoms with Crippen molar-refractivity contribution in [1.29, 1.82) is 0 Å². The average molecular weight is 286 g/mol. The monoisotopic (exact) mass is 286 g/mol. The number of ether oxygens (including phenoxy) is 1. The lowest BCUT2D eigenvalue weighted by Gasteiger charge is -2.33. The van der Waals surface area contributed by atoms with Crippen LogP contribution in [0.1, 0.15) is 46.0 Å². The summed E-state index contributed by atoms with van der Waals surface area (Å²) in [5.41, 5.74) is 12.5. The molecular formula is C15H30N2O3. The third-order valence-electron chi connectivity index (χ3n) is 4.64. The Morgan fingerprint density at radius 2 is 1.90 bits per heavy atom. The van der Waals surface area contributed by atoms with Gasteiger partial charge < -0.3 is 21.3 Å². The van der Waals surface area contributed by atoms with Crippen LogP contribution in [0.15, 0.2) is 0 Å². The van der Waals surface area contributed by atoms with Gasteiger partial charge in [-0.1, -0.05) is 26.7 Å². The highest BCUT2D eigenvalue weighted by molar-refractivity contribution is 5.73. The molecule has 5 atom stereocenters. The fourth-order valence-corrected chi connectivity index (χ4v) is 3.60. The van der Waals surface area contributed by atoms with Crippen LogP contribution >= 0.6 is 0 Å². The molecule has 1 fully saturated rings. The number of carbonyl (C=O) groups is 1. The van der Waals surface area contributed by atoms with Gasteiger partial charge in [-0.05, 0) is 25.2 Å². The van der Waals surface area contributed by atoms with Gasteiger partial charge in [0, 0.05) is 18.0 Å². The number of aliphatic hydroxyl groups excluding tert-OH is 1. The molecule has 1 aliphatic rings. The van der Waals surface area contributed by atoms with Crippen molar-refractivity contribution >= 4 is 5.97 Å². The summed E-state index contributed by atoms with van der Waals surface area (Å²) in [6.07, 6.45) is 3.87. The van der Waals surface area contributed by atoms with Gasteiger partial charge in [-0.2, -0.15) is 0 Å². The molecule has 0 saturated heterocycles. The highest BCUT2D eigenvalue weighted by atomic mass is 16.5. The van der Waals surface area contributed by atoms with Gasteiger partial charge >= 0.3 is 5.97 Å². The third kappa shape index (κ3) is 3.71. The lowest BCUT2D eigenvalue weighted by Crippen LogP contribution is -2.48. The molecule has 5 N–H and O–H groups in total. The van der Waals surface area contributed by atoms with Crippen molar-refractivity contribution in [1.82, 2.24) is 0 Å². The van der Waals surface area contributed by atoms with E-state index in [1.807, 2.05) is 0 Å². The first-order valence-corrected chi connectivity index (χ1v) is 7.74. The van der Waals surface area contributed by atoms with Crippen molar-refractivity contribution in [2.24, 2.45) is 29.2 Å². The SMILES string of the molecule is CCCC(CCC)C(N)C1C(N)CC(C(=O)OC)C1O. The Morgan fingerprint density at radius 3 is 2.35 bits per heavy atom. The number of esters is 1. The number of methoxy groups -OCH3 is 1. The minimum atomic E-state index is -0.788. The fraction of sp³-hybridized carbons (Fsp3) is 0.933. The zero-order chi connectivity index (χ0) is 15.3. The molecule has 0 aromatic carbocycles. The van der Waals surface area contributed by atoms with Crippen LogP contribution in [0.4, 0.5) is 0 Å². The summed E-state index contributed by atoms with van der Waals surface area (Å²) in [6, 6.07) is -0.394. The van der Waals surface area contributed by atoms with Gasteiger partial charge in [0.05, 0.1) is 19.1 Å². The summed E-state index contributed by atoms with van der Waals surface area (Å²) >= 11 is 0. The van der Waals surface area contributed by atoms with E-state index in [1.54, 1.807) is 0 Å². The van der Waals surface area contributed by atoms with Crippen LogP contribution in [0, 0.1) is 17.8 Å². The molecule has 0 heterocycles. The van der Waals surface area contributed by atoms with Crippen LogP contribution < -0.4 is 11.5 Å². The van der Waals surface area contributed by atoms with Crippen molar-refractivity contribution in [3.63, 3.8) is 0 Å². The van der Waals surface area contributed by atoms with Gasteiger partial charge in [0.2, 0.25) is 0 Å². The van der Waals surface area contributed by atoms with Gasteiger partial charge in [0.25, 0.3) is 0 Å². The van der Waals surface area contributed by atoms with Crippen LogP contribution in [-0.4, -0.2) is 36.4 Å². The number of aliphatic hydroxyl groups is 1. The number of rotatable bonds is 7. The van der Waals surface area contributed by atoms with E-state index in [-0.39, 0.29) is 24.0 Å². The first-order valence-electron chi connectivity index (χ1n) is 7.74. The number of carbonyl (C=O) groups excluding carboxylic acids is 1. The van der Waals surface area contributed by atoms with E-state index in [9.17, 15) is 9.90 Å². The highest BCUT2D eigenvalue weighted by Crippen LogP contribution is 2.36. The molecule has 5 heteroatoms. The summed E-state index contributed by atoms with van der Waals surface area (Å²) in [7, 11) is 1.34. The molecule has 0 aromatic rings. The normalized spacial score (nSPS) is 31.6. The predicted octanol–water partition coefficient (Wildman–Crippen LogP) is 1.03. The highest BCUT2D eigenvalue weighted by Gasteiger charge is 2.48. The molecule has 1 aliphatic carbocycles. The predicted molar refractivity (Wildman–Crippen MR) is 78.9 cm³/mol. The minimum absolute atomic E-state index is 0.158. The Balaban J connectivity index is 2.80. The molecule has 5 unspecified atom stereocenters. The number of hydrogen-bond donors (Lipinski definition) is 3. The molecule has 0 amide bonds. The maximum atomic E-state index is 11.7. The van der Waals surface area contributed by atoms with Gasteiger partial charge in [-0.25, -0.2) is 0 Å². The van der Waals surface area contributed by atoms with Crippen molar-refractivity contribution in [3.05, 3.63) is 0 Å². The summed E-state index contributed by atoms with van der Waals surface area (Å²) in [6.45, 7) is 4.27. The van der Waals surface area contributed by atoms with Crippen LogP contribution in [-0.2, 0) is 9.53 Å². The van der Waals surface area contributed by atoms with Crippen LogP contribution in [0.25, 0.3) is 0 Å². The fourth-order valence-electron chi connectivity index (χ4n) is 3.60. The zero-order valence-electron chi connectivity index (χ0n) is 12.9. The summed E-state index contributed by atoms with van der Waals surface area (Å²) in [5, 5.41) is 10.4. The number of hydrogen-bond acceptors (Lipinski definition) is 5. The van der Waals surface area contributed by atoms with E-state index < -0.39 is 12.0 Å². The molecule has 118 valence electrons. The van der Waals surface area contributed by atoms with Crippen molar-refractivity contribution in [3.8, 4) is 0 Å². The second-order valence-electron chi connectivity index (χ2n) is 6.01. The Kier molecular flexibility index (Phi) is 6.92. The average Bonchev–Trinajstić information content (AvgIpc) is 2.72. The smallest absolute Gasteiger partial charge is 0.311 e. The lowest BCUT2D eigenvalue weighted by atomic mass is 9.80. The standard InChI is InChI=1S/C15H30N2O3/c1-4-6-9(7-5-2)13(17)12-11(16)8-10(14(12)18)15(19)20-3/h9-14,18H,4-8,16-17H2,1-3H3. The lowest BCUT2D eigenvalue weighted by molar-refractivity contribution is -0.149. The topological polar surface area (TPSA) is 98.6 Å². The first-order chi connectivity index (χ1) is 9.47. The van der Waals surface area contributed by atoms with E-state index >= 15 is 0 Å². The maximum Gasteiger partial charge on any atom is 0.311 e. The summed E-state index contributed by atoms with van der Waals surface area (Å²) in [4.78, 5) is 11.7. The molecule has 1 rings (SSSR count). The molecular weight excluding hydrogens is 256 g/mol. The quantitative estimate of drug-likeness (QED) is 0.607. The number of nitrogens with two attached hydrogens (primary N) is 2. The van der Waals surface area contributed by atoms with Gasteiger partial charge in [0.1, 0.15) is 0 Å². The second kappa shape index (κ2) is 7.96. The summed E-state index contributed by atoms with van der Waals surface area (Å²) < 4.78 is 4.74. The van der Waals surface area contributed by atoms with E-state index in [1.165, 1.54) is 7.11 Å². The molecule has 0 radical (unpaired) electrons. The third-order valence-corrected chi connectivity index (χ3v) is 4.64.